The van der Waals surface area contributed by atoms with Crippen LogP contribution in [0.15, 0.2) is 0 Å². The van der Waals surface area contributed by atoms with E-state index in [0.717, 1.165) is 7.11 Å². The van der Waals surface area contributed by atoms with Crippen LogP contribution in [0.3, 0.4) is 0 Å². The molecule has 0 bridgehead atoms. The Morgan fingerprint density at radius 3 is 0.667 bits per heavy atom. The lowest BCUT2D eigenvalue weighted by Gasteiger charge is -2.05. The normalized spacial score (nSPS) is 14.8. The molecule has 1 heteroatoms. The SMILES string of the molecule is C1CCC1.C1CCC1.CC.CCC.CO. The van der Waals surface area contributed by atoms with E-state index in [1.54, 1.807) is 0 Å². The van der Waals surface area contributed by atoms with Crippen molar-refractivity contribution in [2.24, 2.45) is 0 Å². The molecule has 0 unspecified atom stereocenters. The van der Waals surface area contributed by atoms with Gasteiger partial charge in [0, 0.05) is 7.11 Å². The molecule has 1 nitrogen and oxygen atoms in total. The van der Waals surface area contributed by atoms with Crippen molar-refractivity contribution in [3.8, 4) is 0 Å². The van der Waals surface area contributed by atoms with Gasteiger partial charge in [-0.05, 0) is 0 Å². The topological polar surface area (TPSA) is 20.2 Å². The Hall–Kier alpha value is -0.0400. The summed E-state index contributed by atoms with van der Waals surface area (Å²) in [6, 6.07) is 0. The summed E-state index contributed by atoms with van der Waals surface area (Å²) < 4.78 is 0. The first kappa shape index (κ1) is 20.4. The van der Waals surface area contributed by atoms with Crippen molar-refractivity contribution < 1.29 is 5.11 Å². The van der Waals surface area contributed by atoms with Crippen LogP contribution in [0.4, 0.5) is 0 Å². The molecule has 0 atom stereocenters. The maximum atomic E-state index is 7.00. The van der Waals surface area contributed by atoms with Crippen LogP contribution in [0.5, 0.6) is 0 Å². The molecule has 0 radical (unpaired) electrons. The zero-order valence-electron chi connectivity index (χ0n) is 11.8. The molecule has 0 aromatic carbocycles. The van der Waals surface area contributed by atoms with Crippen LogP contribution in [0.25, 0.3) is 0 Å². The van der Waals surface area contributed by atoms with E-state index in [9.17, 15) is 0 Å². The van der Waals surface area contributed by atoms with Gasteiger partial charge < -0.3 is 5.11 Å². The molecule has 1 N–H and O–H groups in total. The quantitative estimate of drug-likeness (QED) is 0.594. The number of aliphatic hydroxyl groups excluding tert-OH is 1. The first-order valence-electron chi connectivity index (χ1n) is 6.86. The molecule has 2 rings (SSSR count). The highest BCUT2D eigenvalue weighted by Gasteiger charge is 1.95. The molecule has 2 aliphatic rings. The monoisotopic (exact) mass is 218 g/mol. The summed E-state index contributed by atoms with van der Waals surface area (Å²) in [6.07, 6.45) is 13.2. The van der Waals surface area contributed by atoms with Crippen LogP contribution < -0.4 is 0 Å². The van der Waals surface area contributed by atoms with E-state index in [2.05, 4.69) is 13.8 Å². The van der Waals surface area contributed by atoms with Gasteiger partial charge in [-0.25, -0.2) is 0 Å². The molecule has 96 valence electrons. The van der Waals surface area contributed by atoms with E-state index in [-0.39, 0.29) is 0 Å². The second-order valence-electron chi connectivity index (χ2n) is 3.54. The summed E-state index contributed by atoms with van der Waals surface area (Å²) in [7, 11) is 1.00. The van der Waals surface area contributed by atoms with Crippen LogP contribution >= 0.6 is 0 Å². The number of aliphatic hydroxyl groups is 1. The first-order valence-corrected chi connectivity index (χ1v) is 6.86. The molecule has 0 saturated heterocycles. The minimum atomic E-state index is 1.00. The van der Waals surface area contributed by atoms with Crippen molar-refractivity contribution in [3.63, 3.8) is 0 Å². The summed E-state index contributed by atoms with van der Waals surface area (Å²) in [5.41, 5.74) is 0. The predicted octanol–water partition coefficient (Wildman–Crippen LogP) is 5.17. The molecule has 0 aromatic rings. The van der Waals surface area contributed by atoms with E-state index < -0.39 is 0 Å². The van der Waals surface area contributed by atoms with Crippen LogP contribution in [0.1, 0.15) is 85.5 Å². The summed E-state index contributed by atoms with van der Waals surface area (Å²) >= 11 is 0. The fraction of sp³-hybridized carbons (Fsp3) is 1.00. The lowest BCUT2D eigenvalue weighted by atomic mass is 10.0. The third-order valence-corrected chi connectivity index (χ3v) is 2.00. The van der Waals surface area contributed by atoms with Crippen LogP contribution in [0.2, 0.25) is 0 Å². The minimum Gasteiger partial charge on any atom is -0.400 e. The van der Waals surface area contributed by atoms with E-state index in [1.807, 2.05) is 13.8 Å². The number of rotatable bonds is 0. The summed E-state index contributed by atoms with van der Waals surface area (Å²) in [5.74, 6) is 0. The van der Waals surface area contributed by atoms with Crippen molar-refractivity contribution in [1.29, 1.82) is 0 Å². The van der Waals surface area contributed by atoms with Gasteiger partial charge in [-0.3, -0.25) is 0 Å². The Morgan fingerprint density at radius 1 is 0.600 bits per heavy atom. The molecule has 2 fully saturated rings. The molecule has 2 aliphatic carbocycles. The highest BCUT2D eigenvalue weighted by Crippen LogP contribution is 2.15. The average Bonchev–Trinajstić information content (AvgIpc) is 2.06. The Bertz CT molecular complexity index is 38.4. The van der Waals surface area contributed by atoms with Gasteiger partial charge in [-0.1, -0.05) is 85.5 Å². The maximum absolute atomic E-state index is 7.00. The van der Waals surface area contributed by atoms with E-state index in [0.29, 0.717) is 0 Å². The lowest BCUT2D eigenvalue weighted by Crippen LogP contribution is -1.85. The van der Waals surface area contributed by atoms with Gasteiger partial charge in [0.15, 0.2) is 0 Å². The average molecular weight is 218 g/mol. The molecule has 0 amide bonds. The van der Waals surface area contributed by atoms with E-state index in [4.69, 9.17) is 5.11 Å². The lowest BCUT2D eigenvalue weighted by molar-refractivity contribution is 0.399. The first-order chi connectivity index (χ1) is 7.41. The van der Waals surface area contributed by atoms with Crippen molar-refractivity contribution in [3.05, 3.63) is 0 Å². The Morgan fingerprint density at radius 2 is 0.667 bits per heavy atom. The molecular formula is C14H34O. The van der Waals surface area contributed by atoms with E-state index in [1.165, 1.54) is 57.8 Å². The standard InChI is InChI=1S/2C4H8.C3H8.C2H6.CH4O/c2*1-2-4-3-1;1-3-2;2*1-2/h2*1-4H2;3H2,1-2H3;1-2H3;2H,1H3. The Labute approximate surface area is 98.3 Å². The second kappa shape index (κ2) is 29.2. The highest BCUT2D eigenvalue weighted by molar-refractivity contribution is 4.51. The van der Waals surface area contributed by atoms with Gasteiger partial charge in [-0.2, -0.15) is 0 Å². The summed E-state index contributed by atoms with van der Waals surface area (Å²) in [5, 5.41) is 7.00. The third-order valence-electron chi connectivity index (χ3n) is 2.00. The summed E-state index contributed by atoms with van der Waals surface area (Å²) in [6.45, 7) is 8.25. The van der Waals surface area contributed by atoms with Crippen molar-refractivity contribution in [2.75, 3.05) is 7.11 Å². The zero-order chi connectivity index (χ0) is 12.4. The molecule has 2 saturated carbocycles. The molecule has 15 heavy (non-hydrogen) atoms. The fourth-order valence-electron chi connectivity index (χ4n) is 0.500. The summed E-state index contributed by atoms with van der Waals surface area (Å²) in [4.78, 5) is 0. The second-order valence-corrected chi connectivity index (χ2v) is 3.54. The largest absolute Gasteiger partial charge is 0.400 e. The van der Waals surface area contributed by atoms with Crippen molar-refractivity contribution in [2.45, 2.75) is 85.5 Å². The fourth-order valence-corrected chi connectivity index (χ4v) is 0.500. The van der Waals surface area contributed by atoms with Gasteiger partial charge in [0.1, 0.15) is 0 Å². The van der Waals surface area contributed by atoms with Crippen molar-refractivity contribution in [1.82, 2.24) is 0 Å². The van der Waals surface area contributed by atoms with Gasteiger partial charge >= 0.3 is 0 Å². The smallest absolute Gasteiger partial charge is 0.0319 e. The van der Waals surface area contributed by atoms with Gasteiger partial charge in [0.2, 0.25) is 0 Å². The predicted molar refractivity (Wildman–Crippen MR) is 72.4 cm³/mol. The highest BCUT2D eigenvalue weighted by atomic mass is 16.2. The molecule has 0 aromatic heterocycles. The van der Waals surface area contributed by atoms with Crippen LogP contribution in [-0.2, 0) is 0 Å². The molecule has 0 spiro atoms. The van der Waals surface area contributed by atoms with Crippen molar-refractivity contribution >= 4 is 0 Å². The zero-order valence-corrected chi connectivity index (χ0v) is 11.8. The van der Waals surface area contributed by atoms with E-state index >= 15 is 0 Å². The maximum Gasteiger partial charge on any atom is 0.0319 e. The molecule has 0 heterocycles. The Kier molecular flexibility index (Phi) is 39.7. The van der Waals surface area contributed by atoms with Crippen LogP contribution in [0, 0.1) is 0 Å². The molecule has 0 aliphatic heterocycles. The van der Waals surface area contributed by atoms with Crippen LogP contribution in [-0.4, -0.2) is 12.2 Å². The van der Waals surface area contributed by atoms with Gasteiger partial charge in [0.25, 0.3) is 0 Å². The number of hydrogen-bond acceptors (Lipinski definition) is 1. The molecular weight excluding hydrogens is 184 g/mol. The van der Waals surface area contributed by atoms with Gasteiger partial charge in [0.05, 0.1) is 0 Å². The Balaban J connectivity index is -0.000000126. The third kappa shape index (κ3) is 31.5. The minimum absolute atomic E-state index is 1.00. The van der Waals surface area contributed by atoms with Gasteiger partial charge in [-0.15, -0.1) is 0 Å². The number of hydrogen-bond donors (Lipinski definition) is 1.